The first kappa shape index (κ1) is 25.4. The molecule has 0 aliphatic carbocycles. The smallest absolute Gasteiger partial charge is 0.296 e. The number of carbonyl (C=O) groups excluding carboxylic acids is 2. The molecule has 1 amide bonds. The number of Topliss-reactive ketones (excluding diaryl/α,β-unsaturated/α-hetero) is 1. The SMILES string of the molecule is O=C(Nc1c(Cl)cncc1Cl)C(=O)c1cn(Cc2ccc(F)cc2)c2c(OCc3ccccc3)cccc12. The number of fused-ring (bicyclic) bond motifs is 1. The number of ether oxygens (including phenoxy) is 1. The number of aromatic nitrogens is 2. The molecule has 6 nitrogen and oxygen atoms in total. The van der Waals surface area contributed by atoms with E-state index in [-0.39, 0.29) is 27.1 Å². The van der Waals surface area contributed by atoms with E-state index in [4.69, 9.17) is 27.9 Å². The number of ketones is 1. The van der Waals surface area contributed by atoms with Gasteiger partial charge in [-0.05, 0) is 29.3 Å². The Kier molecular flexibility index (Phi) is 7.40. The highest BCUT2D eigenvalue weighted by Gasteiger charge is 2.25. The minimum atomic E-state index is -0.906. The number of halogens is 3. The van der Waals surface area contributed by atoms with Gasteiger partial charge >= 0.3 is 0 Å². The molecule has 0 bridgehead atoms. The predicted molar refractivity (Wildman–Crippen MR) is 145 cm³/mol. The van der Waals surface area contributed by atoms with Crippen LogP contribution in [-0.2, 0) is 17.9 Å². The van der Waals surface area contributed by atoms with Crippen LogP contribution >= 0.6 is 23.2 Å². The van der Waals surface area contributed by atoms with Crippen LogP contribution in [0.3, 0.4) is 0 Å². The summed E-state index contributed by atoms with van der Waals surface area (Å²) in [6.45, 7) is 0.629. The lowest BCUT2D eigenvalue weighted by atomic mass is 10.1. The van der Waals surface area contributed by atoms with Gasteiger partial charge < -0.3 is 14.6 Å². The topological polar surface area (TPSA) is 73.2 Å². The van der Waals surface area contributed by atoms with Crippen LogP contribution in [0.25, 0.3) is 10.9 Å². The molecule has 3 aromatic carbocycles. The standard InChI is InChI=1S/C29H20Cl2FN3O3/c30-23-13-33-14-24(31)26(23)34-29(37)28(36)22-16-35(15-18-9-11-20(32)12-10-18)27-21(22)7-4-8-25(27)38-17-19-5-2-1-3-6-19/h1-14,16H,15,17H2,(H,33,34,37). The number of amides is 1. The van der Waals surface area contributed by atoms with Crippen LogP contribution < -0.4 is 10.1 Å². The Morgan fingerprint density at radius 3 is 2.32 bits per heavy atom. The van der Waals surface area contributed by atoms with Gasteiger partial charge in [-0.2, -0.15) is 0 Å². The third-order valence-electron chi connectivity index (χ3n) is 5.91. The molecule has 0 aliphatic rings. The maximum Gasteiger partial charge on any atom is 0.296 e. The zero-order chi connectivity index (χ0) is 26.6. The van der Waals surface area contributed by atoms with Gasteiger partial charge in [0.2, 0.25) is 0 Å². The molecule has 2 heterocycles. The largest absolute Gasteiger partial charge is 0.487 e. The highest BCUT2D eigenvalue weighted by Crippen LogP contribution is 2.33. The summed E-state index contributed by atoms with van der Waals surface area (Å²) in [5, 5.41) is 3.24. The Balaban J connectivity index is 1.53. The van der Waals surface area contributed by atoms with Crippen LogP contribution in [0, 0.1) is 5.82 Å². The third kappa shape index (κ3) is 5.39. The molecular weight excluding hydrogens is 528 g/mol. The van der Waals surface area contributed by atoms with E-state index in [2.05, 4.69) is 10.3 Å². The van der Waals surface area contributed by atoms with E-state index in [1.807, 2.05) is 34.9 Å². The molecule has 38 heavy (non-hydrogen) atoms. The van der Waals surface area contributed by atoms with E-state index in [9.17, 15) is 14.0 Å². The van der Waals surface area contributed by atoms with Crippen molar-refractivity contribution in [2.45, 2.75) is 13.2 Å². The summed E-state index contributed by atoms with van der Waals surface area (Å²) in [4.78, 5) is 30.2. The fraction of sp³-hybridized carbons (Fsp3) is 0.0690. The first-order valence-corrected chi connectivity index (χ1v) is 12.3. The van der Waals surface area contributed by atoms with Crippen molar-refractivity contribution in [2.75, 3.05) is 5.32 Å². The lowest BCUT2D eigenvalue weighted by Gasteiger charge is -2.12. The Hall–Kier alpha value is -4.20. The summed E-state index contributed by atoms with van der Waals surface area (Å²) < 4.78 is 21.5. The number of carbonyl (C=O) groups is 2. The second-order valence-corrected chi connectivity index (χ2v) is 9.30. The maximum absolute atomic E-state index is 13.5. The van der Waals surface area contributed by atoms with Crippen molar-refractivity contribution in [2.24, 2.45) is 0 Å². The number of rotatable bonds is 8. The van der Waals surface area contributed by atoms with Gasteiger partial charge in [-0.1, -0.05) is 77.8 Å². The van der Waals surface area contributed by atoms with Crippen molar-refractivity contribution < 1.29 is 18.7 Å². The summed E-state index contributed by atoms with van der Waals surface area (Å²) in [5.41, 5.74) is 2.68. The zero-order valence-corrected chi connectivity index (χ0v) is 21.3. The summed E-state index contributed by atoms with van der Waals surface area (Å²) in [6, 6.07) is 21.1. The van der Waals surface area contributed by atoms with Crippen molar-refractivity contribution in [3.63, 3.8) is 0 Å². The van der Waals surface area contributed by atoms with E-state index in [0.29, 0.717) is 29.8 Å². The third-order valence-corrected chi connectivity index (χ3v) is 6.48. The molecule has 190 valence electrons. The Labute approximate surface area is 227 Å². The fourth-order valence-electron chi connectivity index (χ4n) is 4.09. The second kappa shape index (κ2) is 11.0. The van der Waals surface area contributed by atoms with Gasteiger partial charge in [0.25, 0.3) is 11.7 Å². The van der Waals surface area contributed by atoms with Crippen molar-refractivity contribution in [1.82, 2.24) is 9.55 Å². The van der Waals surface area contributed by atoms with E-state index in [1.54, 1.807) is 36.5 Å². The predicted octanol–water partition coefficient (Wildman–Crippen LogP) is 6.93. The van der Waals surface area contributed by atoms with E-state index >= 15 is 0 Å². The van der Waals surface area contributed by atoms with Crippen molar-refractivity contribution in [1.29, 1.82) is 0 Å². The number of hydrogen-bond donors (Lipinski definition) is 1. The molecule has 1 N–H and O–H groups in total. The van der Waals surface area contributed by atoms with Crippen LogP contribution in [0.1, 0.15) is 21.5 Å². The molecule has 2 aromatic heterocycles. The molecule has 0 spiro atoms. The molecule has 9 heteroatoms. The minimum Gasteiger partial charge on any atom is -0.487 e. The quantitative estimate of drug-likeness (QED) is 0.169. The van der Waals surface area contributed by atoms with Gasteiger partial charge in [0, 0.05) is 30.5 Å². The Bertz CT molecular complexity index is 1620. The maximum atomic E-state index is 13.5. The molecular formula is C29H20Cl2FN3O3. The van der Waals surface area contributed by atoms with Gasteiger partial charge in [-0.15, -0.1) is 0 Å². The van der Waals surface area contributed by atoms with Crippen LogP contribution in [0.15, 0.2) is 91.4 Å². The summed E-state index contributed by atoms with van der Waals surface area (Å²) in [7, 11) is 0. The number of nitrogens with zero attached hydrogens (tertiary/aromatic N) is 2. The van der Waals surface area contributed by atoms with Crippen LogP contribution in [0.2, 0.25) is 10.0 Å². The number of benzene rings is 3. The summed E-state index contributed by atoms with van der Waals surface area (Å²) in [5.74, 6) is -1.50. The molecule has 0 aliphatic heterocycles. The number of nitrogens with one attached hydrogen (secondary N) is 1. The number of hydrogen-bond acceptors (Lipinski definition) is 4. The van der Waals surface area contributed by atoms with Gasteiger partial charge in [0.1, 0.15) is 18.2 Å². The summed E-state index contributed by atoms with van der Waals surface area (Å²) >= 11 is 12.2. The van der Waals surface area contributed by atoms with E-state index < -0.39 is 11.7 Å². The average molecular weight is 548 g/mol. The molecule has 0 fully saturated rings. The molecule has 0 unspecified atom stereocenters. The first-order valence-electron chi connectivity index (χ1n) is 11.6. The fourth-order valence-corrected chi connectivity index (χ4v) is 4.55. The Morgan fingerprint density at radius 1 is 0.895 bits per heavy atom. The Morgan fingerprint density at radius 2 is 1.61 bits per heavy atom. The lowest BCUT2D eigenvalue weighted by Crippen LogP contribution is -2.23. The van der Waals surface area contributed by atoms with E-state index in [0.717, 1.165) is 11.1 Å². The van der Waals surface area contributed by atoms with Gasteiger partial charge in [0.15, 0.2) is 0 Å². The molecule has 5 aromatic rings. The van der Waals surface area contributed by atoms with Crippen molar-refractivity contribution in [3.05, 3.63) is 124 Å². The summed E-state index contributed by atoms with van der Waals surface area (Å²) in [6.07, 6.45) is 4.23. The molecule has 0 atom stereocenters. The van der Waals surface area contributed by atoms with Gasteiger partial charge in [-0.25, -0.2) is 4.39 Å². The number of para-hydroxylation sites is 1. The van der Waals surface area contributed by atoms with Crippen molar-refractivity contribution >= 4 is 51.5 Å². The molecule has 0 saturated carbocycles. The van der Waals surface area contributed by atoms with Gasteiger partial charge in [-0.3, -0.25) is 14.6 Å². The highest BCUT2D eigenvalue weighted by molar-refractivity contribution is 6.50. The van der Waals surface area contributed by atoms with Gasteiger partial charge in [0.05, 0.1) is 26.8 Å². The lowest BCUT2D eigenvalue weighted by molar-refractivity contribution is -0.112. The van der Waals surface area contributed by atoms with E-state index in [1.165, 1.54) is 24.5 Å². The number of anilines is 1. The second-order valence-electron chi connectivity index (χ2n) is 8.49. The average Bonchev–Trinajstić information content (AvgIpc) is 3.29. The van der Waals surface area contributed by atoms with Crippen LogP contribution in [0.5, 0.6) is 5.75 Å². The first-order chi connectivity index (χ1) is 18.4. The zero-order valence-electron chi connectivity index (χ0n) is 19.8. The monoisotopic (exact) mass is 547 g/mol. The molecule has 0 saturated heterocycles. The van der Waals surface area contributed by atoms with Crippen molar-refractivity contribution in [3.8, 4) is 5.75 Å². The highest BCUT2D eigenvalue weighted by atomic mass is 35.5. The van der Waals surface area contributed by atoms with Crippen LogP contribution in [0.4, 0.5) is 10.1 Å². The minimum absolute atomic E-state index is 0.101. The normalized spacial score (nSPS) is 10.9. The number of pyridine rings is 1. The molecule has 0 radical (unpaired) electrons. The molecule has 5 rings (SSSR count). The van der Waals surface area contributed by atoms with Crippen LogP contribution in [-0.4, -0.2) is 21.2 Å².